The van der Waals surface area contributed by atoms with Crippen molar-refractivity contribution in [3.63, 3.8) is 0 Å². The second kappa shape index (κ2) is 18.5. The van der Waals surface area contributed by atoms with Crippen LogP contribution in [0, 0.1) is 0 Å². The monoisotopic (exact) mass is 382 g/mol. The molecule has 0 radical (unpaired) electrons. The van der Waals surface area contributed by atoms with Crippen molar-refractivity contribution in [3.8, 4) is 11.6 Å². The molecule has 0 bridgehead atoms. The quantitative estimate of drug-likeness (QED) is 0.534. The molecule has 2 heterocycles. The van der Waals surface area contributed by atoms with Crippen molar-refractivity contribution in [2.75, 3.05) is 13.1 Å². The summed E-state index contributed by atoms with van der Waals surface area (Å²) in [5, 5.41) is 0. The van der Waals surface area contributed by atoms with Gasteiger partial charge in [-0.15, -0.1) is 0 Å². The SMILES string of the molecule is NCCN.[Cl-].[Cl-].[Cl-].[Co+3].c1cnc(-c2ncccn2)nc1. The molecule has 0 aliphatic carbocycles. The van der Waals surface area contributed by atoms with Crippen molar-refractivity contribution in [2.45, 2.75) is 0 Å². The number of hydrogen-bond acceptors (Lipinski definition) is 6. The molecule has 2 aromatic heterocycles. The van der Waals surface area contributed by atoms with Gasteiger partial charge in [0.05, 0.1) is 0 Å². The smallest absolute Gasteiger partial charge is 1.00 e. The Labute approximate surface area is 147 Å². The van der Waals surface area contributed by atoms with Crippen LogP contribution in [-0.2, 0) is 16.8 Å². The third-order valence-corrected chi connectivity index (χ3v) is 1.50. The van der Waals surface area contributed by atoms with Gasteiger partial charge >= 0.3 is 16.8 Å². The molecule has 114 valence electrons. The molecule has 0 aliphatic rings. The maximum atomic E-state index is 4.90. The summed E-state index contributed by atoms with van der Waals surface area (Å²) in [6, 6.07) is 3.51. The van der Waals surface area contributed by atoms with Gasteiger partial charge in [-0.25, -0.2) is 19.9 Å². The van der Waals surface area contributed by atoms with Crippen molar-refractivity contribution in [1.29, 1.82) is 0 Å². The predicted molar refractivity (Wildman–Crippen MR) is 61.2 cm³/mol. The van der Waals surface area contributed by atoms with Crippen LogP contribution < -0.4 is 48.7 Å². The molecule has 2 rings (SSSR count). The minimum atomic E-state index is 0. The number of nitrogens with zero attached hydrogens (tertiary/aromatic N) is 4. The molecular formula is C10H14Cl3CoN6. The zero-order valence-electron chi connectivity index (χ0n) is 10.3. The summed E-state index contributed by atoms with van der Waals surface area (Å²) in [6.07, 6.45) is 6.66. The van der Waals surface area contributed by atoms with E-state index in [4.69, 9.17) is 11.5 Å². The molecule has 0 aromatic carbocycles. The van der Waals surface area contributed by atoms with E-state index in [1.54, 1.807) is 36.9 Å². The average molecular weight is 384 g/mol. The van der Waals surface area contributed by atoms with E-state index in [2.05, 4.69) is 19.9 Å². The van der Waals surface area contributed by atoms with E-state index in [-0.39, 0.29) is 54.0 Å². The van der Waals surface area contributed by atoms with Gasteiger partial charge in [-0.3, -0.25) is 0 Å². The van der Waals surface area contributed by atoms with Crippen molar-refractivity contribution >= 4 is 0 Å². The van der Waals surface area contributed by atoms with Crippen molar-refractivity contribution in [2.24, 2.45) is 11.5 Å². The molecule has 6 nitrogen and oxygen atoms in total. The van der Waals surface area contributed by atoms with Crippen molar-refractivity contribution < 1.29 is 54.0 Å². The molecule has 0 aliphatic heterocycles. The molecule has 0 unspecified atom stereocenters. The van der Waals surface area contributed by atoms with E-state index in [1.165, 1.54) is 0 Å². The van der Waals surface area contributed by atoms with Gasteiger partial charge in [0, 0.05) is 37.9 Å². The number of nitrogens with two attached hydrogens (primary N) is 2. The third kappa shape index (κ3) is 11.3. The number of hydrogen-bond donors (Lipinski definition) is 2. The third-order valence-electron chi connectivity index (χ3n) is 1.50. The summed E-state index contributed by atoms with van der Waals surface area (Å²) < 4.78 is 0. The summed E-state index contributed by atoms with van der Waals surface area (Å²) in [6.45, 7) is 1.19. The fourth-order valence-corrected chi connectivity index (χ4v) is 0.829. The molecule has 4 N–H and O–H groups in total. The summed E-state index contributed by atoms with van der Waals surface area (Å²) >= 11 is 0. The van der Waals surface area contributed by atoms with Gasteiger partial charge in [-0.05, 0) is 12.1 Å². The molecule has 0 saturated heterocycles. The molecule has 0 atom stereocenters. The summed E-state index contributed by atoms with van der Waals surface area (Å²) in [5.74, 6) is 1.11. The predicted octanol–water partition coefficient (Wildman–Crippen LogP) is -9.15. The maximum Gasteiger partial charge on any atom is 3.00 e. The Morgan fingerprint density at radius 3 is 1.10 bits per heavy atom. The normalized spacial score (nSPS) is 7.30. The minimum Gasteiger partial charge on any atom is -1.00 e. The van der Waals surface area contributed by atoms with Crippen LogP contribution in [0.2, 0.25) is 0 Å². The Morgan fingerprint density at radius 2 is 0.900 bits per heavy atom. The van der Waals surface area contributed by atoms with Gasteiger partial charge in [-0.1, -0.05) is 0 Å². The molecule has 0 fully saturated rings. The fourth-order valence-electron chi connectivity index (χ4n) is 0.829. The van der Waals surface area contributed by atoms with Crippen LogP contribution in [0.3, 0.4) is 0 Å². The fraction of sp³-hybridized carbons (Fsp3) is 0.200. The summed E-state index contributed by atoms with van der Waals surface area (Å²) in [5.41, 5.74) is 9.81. The second-order valence-electron chi connectivity index (χ2n) is 2.72. The Bertz CT molecular complexity index is 355. The Morgan fingerprint density at radius 1 is 0.650 bits per heavy atom. The van der Waals surface area contributed by atoms with E-state index in [9.17, 15) is 0 Å². The first-order valence-electron chi connectivity index (χ1n) is 4.83. The van der Waals surface area contributed by atoms with Crippen LogP contribution in [0.15, 0.2) is 36.9 Å². The molecule has 0 spiro atoms. The first-order valence-corrected chi connectivity index (χ1v) is 4.83. The molecular weight excluding hydrogens is 369 g/mol. The van der Waals surface area contributed by atoms with E-state index >= 15 is 0 Å². The van der Waals surface area contributed by atoms with Gasteiger partial charge in [0.2, 0.25) is 0 Å². The van der Waals surface area contributed by atoms with E-state index in [0.29, 0.717) is 24.7 Å². The zero-order chi connectivity index (χ0) is 11.6. The maximum absolute atomic E-state index is 4.90. The van der Waals surface area contributed by atoms with Crippen molar-refractivity contribution in [3.05, 3.63) is 36.9 Å². The van der Waals surface area contributed by atoms with Gasteiger partial charge in [-0.2, -0.15) is 0 Å². The number of rotatable bonds is 2. The minimum absolute atomic E-state index is 0. The van der Waals surface area contributed by atoms with E-state index < -0.39 is 0 Å². The molecule has 10 heteroatoms. The van der Waals surface area contributed by atoms with Gasteiger partial charge in [0.1, 0.15) is 0 Å². The topological polar surface area (TPSA) is 104 Å². The number of halogens is 3. The van der Waals surface area contributed by atoms with Crippen LogP contribution in [0.1, 0.15) is 0 Å². The van der Waals surface area contributed by atoms with E-state index in [1.807, 2.05) is 0 Å². The standard InChI is InChI=1S/C8H6N4.C2H8N2.3ClH.Co/c1-3-9-7(10-4-1)8-11-5-2-6-12-8;3-1-2-4;;;;/h1-6H;1-4H2;3*1H;/q;;;;;+3/p-3. The van der Waals surface area contributed by atoms with E-state index in [0.717, 1.165) is 0 Å². The molecule has 20 heavy (non-hydrogen) atoms. The second-order valence-corrected chi connectivity index (χ2v) is 2.72. The van der Waals surface area contributed by atoms with Crippen LogP contribution in [0.25, 0.3) is 11.6 Å². The largest absolute Gasteiger partial charge is 3.00 e. The Kier molecular flexibility index (Phi) is 25.6. The van der Waals surface area contributed by atoms with Gasteiger partial charge < -0.3 is 48.7 Å². The zero-order valence-corrected chi connectivity index (χ0v) is 13.6. The molecule has 2 aromatic rings. The van der Waals surface area contributed by atoms with Crippen LogP contribution in [0.5, 0.6) is 0 Å². The van der Waals surface area contributed by atoms with Crippen LogP contribution >= 0.6 is 0 Å². The van der Waals surface area contributed by atoms with Crippen LogP contribution in [-0.4, -0.2) is 33.0 Å². The molecule has 0 saturated carbocycles. The van der Waals surface area contributed by atoms with Crippen LogP contribution in [0.4, 0.5) is 0 Å². The average Bonchev–Trinajstić information content (AvgIpc) is 2.41. The summed E-state index contributed by atoms with van der Waals surface area (Å²) in [4.78, 5) is 16.1. The first kappa shape index (κ1) is 27.7. The summed E-state index contributed by atoms with van der Waals surface area (Å²) in [7, 11) is 0. The first-order chi connectivity index (χ1) is 7.88. The van der Waals surface area contributed by atoms with Gasteiger partial charge in [0.15, 0.2) is 11.6 Å². The Hall–Kier alpha value is -0.544. The van der Waals surface area contributed by atoms with Gasteiger partial charge in [0.25, 0.3) is 0 Å². The number of aromatic nitrogens is 4. The van der Waals surface area contributed by atoms with Crippen molar-refractivity contribution in [1.82, 2.24) is 19.9 Å². The Balaban J connectivity index is -0.000000145. The molecule has 0 amide bonds.